The van der Waals surface area contributed by atoms with Crippen molar-refractivity contribution in [2.24, 2.45) is 5.92 Å². The van der Waals surface area contributed by atoms with Gasteiger partial charge in [0.2, 0.25) is 5.91 Å². The third-order valence-electron chi connectivity index (χ3n) is 5.65. The molecule has 3 amide bonds. The van der Waals surface area contributed by atoms with Gasteiger partial charge in [-0.25, -0.2) is 0 Å². The maximum absolute atomic E-state index is 12.4. The van der Waals surface area contributed by atoms with E-state index in [2.05, 4.69) is 16.2 Å². The number of carbonyl (C=O) groups is 3. The molecular formula is C25H31N3O4. The average molecular weight is 438 g/mol. The van der Waals surface area contributed by atoms with E-state index in [9.17, 15) is 14.4 Å². The summed E-state index contributed by atoms with van der Waals surface area (Å²) in [6.07, 6.45) is 4.97. The average Bonchev–Trinajstić information content (AvgIpc) is 2.83. The van der Waals surface area contributed by atoms with Gasteiger partial charge in [-0.1, -0.05) is 43.9 Å². The van der Waals surface area contributed by atoms with Crippen LogP contribution in [0.5, 0.6) is 5.75 Å². The summed E-state index contributed by atoms with van der Waals surface area (Å²) in [7, 11) is 0. The van der Waals surface area contributed by atoms with E-state index in [-0.39, 0.29) is 11.8 Å². The number of nitrogens with one attached hydrogen (secondary N) is 3. The predicted molar refractivity (Wildman–Crippen MR) is 123 cm³/mol. The van der Waals surface area contributed by atoms with Crippen molar-refractivity contribution in [3.8, 4) is 5.75 Å². The molecule has 0 spiro atoms. The minimum atomic E-state index is -0.726. The number of hydrogen-bond acceptors (Lipinski definition) is 4. The van der Waals surface area contributed by atoms with Crippen LogP contribution in [-0.4, -0.2) is 23.8 Å². The summed E-state index contributed by atoms with van der Waals surface area (Å²) in [4.78, 5) is 37.1. The third kappa shape index (κ3) is 6.57. The van der Waals surface area contributed by atoms with Gasteiger partial charge >= 0.3 is 0 Å². The first kappa shape index (κ1) is 23.3. The minimum Gasteiger partial charge on any atom is -0.481 e. The van der Waals surface area contributed by atoms with Gasteiger partial charge in [-0.05, 0) is 62.6 Å². The molecule has 1 atom stereocenters. The van der Waals surface area contributed by atoms with Gasteiger partial charge in [0.25, 0.3) is 11.8 Å². The molecule has 2 aromatic carbocycles. The predicted octanol–water partition coefficient (Wildman–Crippen LogP) is 4.13. The molecule has 1 aliphatic carbocycles. The Morgan fingerprint density at radius 1 is 0.938 bits per heavy atom. The Hall–Kier alpha value is -3.35. The van der Waals surface area contributed by atoms with Crippen LogP contribution in [-0.2, 0) is 9.59 Å². The monoisotopic (exact) mass is 437 g/mol. The highest BCUT2D eigenvalue weighted by Gasteiger charge is 2.21. The molecule has 1 saturated carbocycles. The Kier molecular flexibility index (Phi) is 8.25. The Morgan fingerprint density at radius 2 is 1.59 bits per heavy atom. The van der Waals surface area contributed by atoms with Crippen molar-refractivity contribution in [2.45, 2.75) is 58.5 Å². The van der Waals surface area contributed by atoms with Crippen molar-refractivity contribution in [3.05, 3.63) is 59.7 Å². The van der Waals surface area contributed by atoms with Gasteiger partial charge in [0.1, 0.15) is 5.75 Å². The molecule has 3 N–H and O–H groups in total. The zero-order chi connectivity index (χ0) is 22.9. The number of ether oxygens (including phenoxy) is 1. The van der Waals surface area contributed by atoms with Gasteiger partial charge < -0.3 is 10.1 Å². The molecule has 1 aliphatic rings. The largest absolute Gasteiger partial charge is 0.481 e. The van der Waals surface area contributed by atoms with Crippen LogP contribution >= 0.6 is 0 Å². The SMILES string of the molecule is CC[C@@H](Oc1ccc(C)cc1)C(=O)NNC(=O)c1ccc(NC(=O)C2CCCCC2)cc1. The molecule has 0 heterocycles. The van der Waals surface area contributed by atoms with E-state index in [0.717, 1.165) is 31.2 Å². The number of hydrazine groups is 1. The van der Waals surface area contributed by atoms with E-state index in [4.69, 9.17) is 4.74 Å². The van der Waals surface area contributed by atoms with E-state index >= 15 is 0 Å². The van der Waals surface area contributed by atoms with Crippen molar-refractivity contribution in [2.75, 3.05) is 5.32 Å². The highest BCUT2D eigenvalue weighted by molar-refractivity contribution is 5.97. The van der Waals surface area contributed by atoms with Crippen LogP contribution in [0.2, 0.25) is 0 Å². The highest BCUT2D eigenvalue weighted by atomic mass is 16.5. The summed E-state index contributed by atoms with van der Waals surface area (Å²) in [5.41, 5.74) is 6.95. The molecule has 0 unspecified atom stereocenters. The van der Waals surface area contributed by atoms with E-state index in [1.807, 2.05) is 26.0 Å². The van der Waals surface area contributed by atoms with Gasteiger partial charge in [0.15, 0.2) is 6.10 Å². The maximum atomic E-state index is 12.4. The van der Waals surface area contributed by atoms with Gasteiger partial charge in [-0.2, -0.15) is 0 Å². The first-order valence-corrected chi connectivity index (χ1v) is 11.2. The highest BCUT2D eigenvalue weighted by Crippen LogP contribution is 2.25. The molecule has 2 aromatic rings. The zero-order valence-electron chi connectivity index (χ0n) is 18.6. The molecule has 0 saturated heterocycles. The lowest BCUT2D eigenvalue weighted by atomic mass is 9.88. The molecule has 7 heteroatoms. The van der Waals surface area contributed by atoms with E-state index in [1.54, 1.807) is 36.4 Å². The van der Waals surface area contributed by atoms with E-state index in [1.165, 1.54) is 6.42 Å². The molecule has 32 heavy (non-hydrogen) atoms. The lowest BCUT2D eigenvalue weighted by molar-refractivity contribution is -0.129. The fourth-order valence-electron chi connectivity index (χ4n) is 3.69. The number of rotatable bonds is 7. The number of benzene rings is 2. The summed E-state index contributed by atoms with van der Waals surface area (Å²) in [6.45, 7) is 3.81. The number of aryl methyl sites for hydroxylation is 1. The van der Waals surface area contributed by atoms with Gasteiger partial charge in [-0.3, -0.25) is 25.2 Å². The number of carbonyl (C=O) groups excluding carboxylic acids is 3. The lowest BCUT2D eigenvalue weighted by Crippen LogP contribution is -2.47. The van der Waals surface area contributed by atoms with Crippen molar-refractivity contribution in [1.29, 1.82) is 0 Å². The number of amides is 3. The second kappa shape index (κ2) is 11.3. The van der Waals surface area contributed by atoms with Crippen LogP contribution in [0.3, 0.4) is 0 Å². The van der Waals surface area contributed by atoms with Crippen LogP contribution in [0.1, 0.15) is 61.4 Å². The van der Waals surface area contributed by atoms with Crippen LogP contribution in [0.4, 0.5) is 5.69 Å². The zero-order valence-corrected chi connectivity index (χ0v) is 18.6. The van der Waals surface area contributed by atoms with Gasteiger partial charge in [-0.15, -0.1) is 0 Å². The molecule has 0 aliphatic heterocycles. The van der Waals surface area contributed by atoms with Crippen molar-refractivity contribution < 1.29 is 19.1 Å². The smallest absolute Gasteiger partial charge is 0.279 e. The summed E-state index contributed by atoms with van der Waals surface area (Å²) < 4.78 is 5.72. The number of hydrogen-bond donors (Lipinski definition) is 3. The molecule has 170 valence electrons. The molecular weight excluding hydrogens is 406 g/mol. The lowest BCUT2D eigenvalue weighted by Gasteiger charge is -2.20. The fraction of sp³-hybridized carbons (Fsp3) is 0.400. The second-order valence-corrected chi connectivity index (χ2v) is 8.17. The van der Waals surface area contributed by atoms with Gasteiger partial charge in [0.05, 0.1) is 0 Å². The molecule has 0 radical (unpaired) electrons. The van der Waals surface area contributed by atoms with Crippen LogP contribution < -0.4 is 20.9 Å². The van der Waals surface area contributed by atoms with Crippen LogP contribution in [0.15, 0.2) is 48.5 Å². The molecule has 3 rings (SSSR count). The Balaban J connectivity index is 1.48. The Morgan fingerprint density at radius 3 is 2.22 bits per heavy atom. The van der Waals surface area contributed by atoms with E-state index in [0.29, 0.717) is 23.4 Å². The summed E-state index contributed by atoms with van der Waals surface area (Å²) >= 11 is 0. The fourth-order valence-corrected chi connectivity index (χ4v) is 3.69. The summed E-state index contributed by atoms with van der Waals surface area (Å²) in [5, 5.41) is 2.92. The Bertz CT molecular complexity index is 919. The van der Waals surface area contributed by atoms with Crippen molar-refractivity contribution in [1.82, 2.24) is 10.9 Å². The molecule has 0 aromatic heterocycles. The van der Waals surface area contributed by atoms with Crippen LogP contribution in [0.25, 0.3) is 0 Å². The maximum Gasteiger partial charge on any atom is 0.279 e. The second-order valence-electron chi connectivity index (χ2n) is 8.17. The van der Waals surface area contributed by atoms with Crippen LogP contribution in [0, 0.1) is 12.8 Å². The molecule has 7 nitrogen and oxygen atoms in total. The van der Waals surface area contributed by atoms with E-state index < -0.39 is 17.9 Å². The normalized spacial score (nSPS) is 14.8. The quantitative estimate of drug-likeness (QED) is 0.568. The van der Waals surface area contributed by atoms with Crippen molar-refractivity contribution >= 4 is 23.4 Å². The van der Waals surface area contributed by atoms with Gasteiger partial charge in [0, 0.05) is 17.2 Å². The van der Waals surface area contributed by atoms with Crippen molar-refractivity contribution in [3.63, 3.8) is 0 Å². The third-order valence-corrected chi connectivity index (χ3v) is 5.65. The topological polar surface area (TPSA) is 96.5 Å². The first-order chi connectivity index (χ1) is 15.5. The summed E-state index contributed by atoms with van der Waals surface area (Å²) in [5.74, 6) is -0.190. The first-order valence-electron chi connectivity index (χ1n) is 11.2. The molecule has 0 bridgehead atoms. The standard InChI is InChI=1S/C25H31N3O4/c1-3-22(32-21-15-9-17(2)10-16-21)25(31)28-27-24(30)19-11-13-20(14-12-19)26-23(29)18-7-5-4-6-8-18/h9-16,18,22H,3-8H2,1-2H3,(H,26,29)(H,27,30)(H,28,31)/t22-/m1/s1. The Labute approximate surface area is 188 Å². The summed E-state index contributed by atoms with van der Waals surface area (Å²) in [6, 6.07) is 14.0. The molecule has 1 fully saturated rings. The minimum absolute atomic E-state index is 0.0355. The number of anilines is 1.